The van der Waals surface area contributed by atoms with Crippen molar-refractivity contribution in [1.29, 1.82) is 0 Å². The van der Waals surface area contributed by atoms with Crippen LogP contribution in [-0.4, -0.2) is 30.0 Å². The highest BCUT2D eigenvalue weighted by Gasteiger charge is 2.18. The quantitative estimate of drug-likeness (QED) is 0.434. The van der Waals surface area contributed by atoms with Crippen LogP contribution < -0.4 is 0 Å². The normalized spacial score (nSPS) is 15.3. The molecule has 0 aromatic rings. The van der Waals surface area contributed by atoms with Crippen LogP contribution in [0.5, 0.6) is 0 Å². The maximum absolute atomic E-state index is 5.77. The van der Waals surface area contributed by atoms with Crippen LogP contribution in [0.25, 0.3) is 0 Å². The van der Waals surface area contributed by atoms with Gasteiger partial charge in [-0.25, -0.2) is 0 Å². The fourth-order valence-electron chi connectivity index (χ4n) is 0.906. The Bertz CT molecular complexity index is 212. The molecule has 16 heavy (non-hydrogen) atoms. The van der Waals surface area contributed by atoms with Crippen molar-refractivity contribution in [3.05, 3.63) is 0 Å². The van der Waals surface area contributed by atoms with Crippen LogP contribution in [0.15, 0.2) is 0 Å². The minimum atomic E-state index is -2.06. The number of hydrogen-bond acceptors (Lipinski definition) is 5. The van der Waals surface area contributed by atoms with Crippen LogP contribution in [0.2, 0.25) is 0 Å². The van der Waals surface area contributed by atoms with Gasteiger partial charge >= 0.3 is 0 Å². The SMILES string of the molecule is CCCSP(=S)(OCC)OCCSC(C)C. The molecule has 0 radical (unpaired) electrons. The van der Waals surface area contributed by atoms with Gasteiger partial charge in [0.25, 0.3) is 0 Å². The van der Waals surface area contributed by atoms with E-state index in [0.717, 1.165) is 17.9 Å². The summed E-state index contributed by atoms with van der Waals surface area (Å²) < 4.78 is 11.4. The van der Waals surface area contributed by atoms with Crippen LogP contribution in [0.3, 0.4) is 0 Å². The molecule has 0 heterocycles. The van der Waals surface area contributed by atoms with Crippen molar-refractivity contribution in [2.75, 3.05) is 24.7 Å². The molecule has 0 saturated heterocycles. The van der Waals surface area contributed by atoms with E-state index in [1.54, 1.807) is 11.4 Å². The molecular formula is C10H23O2PS3. The van der Waals surface area contributed by atoms with Crippen molar-refractivity contribution in [2.45, 2.75) is 39.4 Å². The lowest BCUT2D eigenvalue weighted by Crippen LogP contribution is -2.00. The van der Waals surface area contributed by atoms with Crippen molar-refractivity contribution in [3.8, 4) is 0 Å². The van der Waals surface area contributed by atoms with Crippen LogP contribution in [0, 0.1) is 0 Å². The summed E-state index contributed by atoms with van der Waals surface area (Å²) in [6.07, 6.45) is 1.11. The molecule has 1 atom stereocenters. The van der Waals surface area contributed by atoms with E-state index in [2.05, 4.69) is 20.8 Å². The average molecular weight is 302 g/mol. The third-order valence-electron chi connectivity index (χ3n) is 1.52. The highest BCUT2D eigenvalue weighted by atomic mass is 32.9. The lowest BCUT2D eigenvalue weighted by atomic mass is 10.6. The predicted octanol–water partition coefficient (Wildman–Crippen LogP) is 4.55. The predicted molar refractivity (Wildman–Crippen MR) is 82.2 cm³/mol. The number of thioether (sulfide) groups is 1. The largest absolute Gasteiger partial charge is 0.322 e. The lowest BCUT2D eigenvalue weighted by molar-refractivity contribution is 0.282. The summed E-state index contributed by atoms with van der Waals surface area (Å²) in [5.74, 6) is 2.02. The minimum Gasteiger partial charge on any atom is -0.322 e. The van der Waals surface area contributed by atoms with Gasteiger partial charge in [-0.15, -0.1) is 0 Å². The van der Waals surface area contributed by atoms with Crippen molar-refractivity contribution in [1.82, 2.24) is 0 Å². The molecule has 0 spiro atoms. The minimum absolute atomic E-state index is 0.644. The molecule has 0 amide bonds. The molecule has 0 saturated carbocycles. The summed E-state index contributed by atoms with van der Waals surface area (Å²) in [6, 6.07) is 0. The van der Waals surface area contributed by atoms with Gasteiger partial charge in [0.1, 0.15) is 0 Å². The number of rotatable bonds is 10. The first-order chi connectivity index (χ1) is 7.54. The summed E-state index contributed by atoms with van der Waals surface area (Å²) in [4.78, 5) is 0. The second kappa shape index (κ2) is 10.2. The standard InChI is InChI=1S/C10H23O2PS3/c1-5-8-16-13(14,11-6-2)12-7-9-15-10(3)4/h10H,5-9H2,1-4H3. The fraction of sp³-hybridized carbons (Fsp3) is 1.00. The zero-order chi connectivity index (χ0) is 12.4. The Morgan fingerprint density at radius 1 is 1.19 bits per heavy atom. The van der Waals surface area contributed by atoms with Gasteiger partial charge in [-0.3, -0.25) is 0 Å². The zero-order valence-electron chi connectivity index (χ0n) is 10.6. The molecule has 0 N–H and O–H groups in total. The second-order valence-corrected chi connectivity index (χ2v) is 11.6. The molecule has 0 fully saturated rings. The molecule has 0 aliphatic rings. The topological polar surface area (TPSA) is 18.5 Å². The fourth-order valence-corrected chi connectivity index (χ4v) is 6.36. The Hall–Kier alpha value is 1.27. The Labute approximate surface area is 114 Å². The van der Waals surface area contributed by atoms with Gasteiger partial charge in [0.15, 0.2) is 0 Å². The van der Waals surface area contributed by atoms with E-state index in [4.69, 9.17) is 20.9 Å². The molecule has 6 heteroatoms. The van der Waals surface area contributed by atoms with Gasteiger partial charge in [-0.2, -0.15) is 11.8 Å². The van der Waals surface area contributed by atoms with E-state index < -0.39 is 5.69 Å². The monoisotopic (exact) mass is 302 g/mol. The van der Waals surface area contributed by atoms with E-state index >= 15 is 0 Å². The lowest BCUT2D eigenvalue weighted by Gasteiger charge is -2.20. The molecule has 0 rings (SSSR count). The van der Waals surface area contributed by atoms with Crippen LogP contribution in [0.4, 0.5) is 0 Å². The van der Waals surface area contributed by atoms with E-state index in [-0.39, 0.29) is 0 Å². The van der Waals surface area contributed by atoms with Crippen molar-refractivity contribution in [2.24, 2.45) is 0 Å². The molecule has 0 aliphatic heterocycles. The maximum atomic E-state index is 5.77. The average Bonchev–Trinajstić information content (AvgIpc) is 2.22. The maximum Gasteiger partial charge on any atom is 0.247 e. The summed E-state index contributed by atoms with van der Waals surface area (Å²) in [7, 11) is 0. The Morgan fingerprint density at radius 3 is 2.38 bits per heavy atom. The third kappa shape index (κ3) is 9.32. The number of hydrogen-bond donors (Lipinski definition) is 0. The van der Waals surface area contributed by atoms with E-state index in [1.807, 2.05) is 18.7 Å². The molecule has 0 aromatic carbocycles. The first-order valence-electron chi connectivity index (χ1n) is 5.69. The van der Waals surface area contributed by atoms with Gasteiger partial charge in [0.2, 0.25) is 5.69 Å². The summed E-state index contributed by atoms with van der Waals surface area (Å²) >= 11 is 9.04. The first kappa shape index (κ1) is 17.3. The van der Waals surface area contributed by atoms with Gasteiger partial charge in [-0.1, -0.05) is 32.2 Å². The first-order valence-corrected chi connectivity index (χ1v) is 11.0. The third-order valence-corrected chi connectivity index (χ3v) is 8.28. The Morgan fingerprint density at radius 2 is 1.88 bits per heavy atom. The summed E-state index contributed by atoms with van der Waals surface area (Å²) in [5, 5.41) is 0.650. The Balaban J connectivity index is 3.87. The zero-order valence-corrected chi connectivity index (χ0v) is 13.9. The molecule has 0 aromatic heterocycles. The molecule has 2 nitrogen and oxygen atoms in total. The van der Waals surface area contributed by atoms with E-state index in [9.17, 15) is 0 Å². The van der Waals surface area contributed by atoms with Crippen LogP contribution >= 0.6 is 28.8 Å². The van der Waals surface area contributed by atoms with E-state index in [1.165, 1.54) is 0 Å². The molecule has 98 valence electrons. The van der Waals surface area contributed by atoms with Crippen LogP contribution in [-0.2, 0) is 20.9 Å². The highest BCUT2D eigenvalue weighted by Crippen LogP contribution is 2.61. The molecular weight excluding hydrogens is 279 g/mol. The molecule has 1 unspecified atom stereocenters. The van der Waals surface area contributed by atoms with Gasteiger partial charge in [0.05, 0.1) is 13.2 Å². The molecule has 0 aliphatic carbocycles. The van der Waals surface area contributed by atoms with Crippen LogP contribution in [0.1, 0.15) is 34.1 Å². The second-order valence-electron chi connectivity index (χ2n) is 3.45. The van der Waals surface area contributed by atoms with Gasteiger partial charge in [-0.05, 0) is 30.4 Å². The van der Waals surface area contributed by atoms with Gasteiger partial charge < -0.3 is 9.05 Å². The van der Waals surface area contributed by atoms with Crippen molar-refractivity contribution < 1.29 is 9.05 Å². The van der Waals surface area contributed by atoms with Gasteiger partial charge in [0, 0.05) is 11.5 Å². The summed E-state index contributed by atoms with van der Waals surface area (Å²) in [6.45, 7) is 9.85. The van der Waals surface area contributed by atoms with E-state index in [0.29, 0.717) is 18.5 Å². The molecule has 0 bridgehead atoms. The Kier molecular flexibility index (Phi) is 11.0. The summed E-state index contributed by atoms with van der Waals surface area (Å²) in [5.41, 5.74) is -2.06. The highest BCUT2D eigenvalue weighted by molar-refractivity contribution is 8.67. The smallest absolute Gasteiger partial charge is 0.247 e. The van der Waals surface area contributed by atoms with Crippen molar-refractivity contribution in [3.63, 3.8) is 0 Å². The van der Waals surface area contributed by atoms with Crippen molar-refractivity contribution >= 4 is 40.6 Å².